The molecule has 0 aliphatic heterocycles. The van der Waals surface area contributed by atoms with Crippen LogP contribution in [0.4, 0.5) is 28.4 Å². The van der Waals surface area contributed by atoms with Gasteiger partial charge in [-0.1, -0.05) is 0 Å². The van der Waals surface area contributed by atoms with E-state index < -0.39 is 87.8 Å². The third-order valence-corrected chi connectivity index (χ3v) is 9.51. The van der Waals surface area contributed by atoms with Gasteiger partial charge in [-0.3, -0.25) is 38.9 Å². The molecule has 68 heavy (non-hydrogen) atoms. The number of hydrogen-bond donors (Lipinski definition) is 9. The molecule has 0 saturated heterocycles. The van der Waals surface area contributed by atoms with Crippen LogP contribution < -0.4 is 41.8 Å². The van der Waals surface area contributed by atoms with E-state index in [-0.39, 0.29) is 62.2 Å². The first-order chi connectivity index (χ1) is 32.2. The van der Waals surface area contributed by atoms with Crippen molar-refractivity contribution in [3.8, 4) is 23.0 Å². The summed E-state index contributed by atoms with van der Waals surface area (Å²) in [6, 6.07) is 18.8. The molecule has 2 atom stereocenters. The van der Waals surface area contributed by atoms with Crippen molar-refractivity contribution < 1.29 is 68.0 Å². The molecular formula is C46H45N7O15. The topological polar surface area (TPSA) is 337 Å². The molecule has 354 valence electrons. The molecule has 22 nitrogen and oxygen atoms in total. The van der Waals surface area contributed by atoms with Crippen LogP contribution in [0.25, 0.3) is 0 Å². The van der Waals surface area contributed by atoms with Crippen molar-refractivity contribution in [3.05, 3.63) is 135 Å². The van der Waals surface area contributed by atoms with E-state index in [0.29, 0.717) is 0 Å². The smallest absolute Gasteiger partial charge is 0.339 e. The van der Waals surface area contributed by atoms with Gasteiger partial charge >= 0.3 is 5.97 Å². The molecule has 0 aliphatic carbocycles. The Labute approximate surface area is 386 Å². The van der Waals surface area contributed by atoms with E-state index in [2.05, 4.69) is 26.6 Å². The monoisotopic (exact) mass is 935 g/mol. The minimum atomic E-state index is -1.67. The molecule has 5 aromatic rings. The SMILES string of the molecule is CO[C@H](C(N)=O)[C@H](NC(=O)c1ccc(NC(=O)c2ccc([N+](=O)[O-])cc2)cc1)C(=O)Nc1ccc(C(=O)Nc2ccc(C(=O)Nc3ccc(C(=O)O)c(O)c3OC(C)C)c(O)c2OC(C)C)cc1. The number of aromatic carboxylic acids is 1. The Morgan fingerprint density at radius 2 is 1.01 bits per heavy atom. The van der Waals surface area contributed by atoms with Gasteiger partial charge in [0.05, 0.1) is 34.1 Å². The van der Waals surface area contributed by atoms with Gasteiger partial charge in [-0.05, 0) is 113 Å². The number of aromatic hydroxyl groups is 2. The van der Waals surface area contributed by atoms with E-state index in [0.717, 1.165) is 13.2 Å². The first-order valence-electron chi connectivity index (χ1n) is 20.3. The predicted molar refractivity (Wildman–Crippen MR) is 244 cm³/mol. The number of phenols is 2. The number of nitro groups is 1. The number of methoxy groups -OCH3 is 1. The molecule has 6 amide bonds. The number of nitrogens with zero attached hydrogens (tertiary/aromatic N) is 1. The number of nitrogens with one attached hydrogen (secondary N) is 5. The van der Waals surface area contributed by atoms with Crippen molar-refractivity contribution in [2.24, 2.45) is 5.73 Å². The average Bonchev–Trinajstić information content (AvgIpc) is 3.28. The lowest BCUT2D eigenvalue weighted by Crippen LogP contribution is -2.56. The number of carboxylic acid groups (broad SMARTS) is 1. The predicted octanol–water partition coefficient (Wildman–Crippen LogP) is 5.27. The highest BCUT2D eigenvalue weighted by molar-refractivity contribution is 6.11. The summed E-state index contributed by atoms with van der Waals surface area (Å²) in [5.74, 6) is -8.45. The first kappa shape index (κ1) is 50.0. The number of phenolic OH excluding ortho intramolecular Hbond substituents is 1. The third-order valence-electron chi connectivity index (χ3n) is 9.51. The van der Waals surface area contributed by atoms with Crippen molar-refractivity contribution in [1.29, 1.82) is 0 Å². The van der Waals surface area contributed by atoms with E-state index >= 15 is 0 Å². The van der Waals surface area contributed by atoms with Crippen LogP contribution in [0, 0.1) is 10.1 Å². The number of nitrogens with two attached hydrogens (primary N) is 1. The summed E-state index contributed by atoms with van der Waals surface area (Å²) in [5, 5.41) is 54.9. The molecule has 0 fully saturated rings. The number of nitro benzene ring substituents is 1. The van der Waals surface area contributed by atoms with Crippen molar-refractivity contribution in [3.63, 3.8) is 0 Å². The zero-order valence-electron chi connectivity index (χ0n) is 36.8. The molecule has 10 N–H and O–H groups in total. The molecule has 0 aromatic heterocycles. The molecule has 5 aromatic carbocycles. The number of rotatable bonds is 19. The molecule has 22 heteroatoms. The molecule has 0 bridgehead atoms. The number of non-ortho nitro benzene ring substituents is 1. The second-order valence-electron chi connectivity index (χ2n) is 15.1. The second kappa shape index (κ2) is 21.8. The Kier molecular flexibility index (Phi) is 16.0. The summed E-state index contributed by atoms with van der Waals surface area (Å²) in [7, 11) is 1.10. The summed E-state index contributed by atoms with van der Waals surface area (Å²) >= 11 is 0. The lowest BCUT2D eigenvalue weighted by atomic mass is 10.1. The number of anilines is 4. The number of primary amides is 1. The minimum Gasteiger partial charge on any atom is -0.504 e. The maximum Gasteiger partial charge on any atom is 0.339 e. The molecule has 0 radical (unpaired) electrons. The molecular weight excluding hydrogens is 891 g/mol. The Morgan fingerprint density at radius 1 is 0.588 bits per heavy atom. The van der Waals surface area contributed by atoms with E-state index in [1.807, 2.05) is 0 Å². The highest BCUT2D eigenvalue weighted by atomic mass is 16.6. The zero-order chi connectivity index (χ0) is 50.0. The number of ether oxygens (including phenoxy) is 3. The maximum atomic E-state index is 13.6. The molecule has 0 heterocycles. The number of hydrogen-bond acceptors (Lipinski definition) is 14. The minimum absolute atomic E-state index is 0.00995. The Morgan fingerprint density at radius 3 is 1.47 bits per heavy atom. The number of benzene rings is 5. The van der Waals surface area contributed by atoms with Crippen LogP contribution >= 0.6 is 0 Å². The largest absolute Gasteiger partial charge is 0.504 e. The van der Waals surface area contributed by atoms with Crippen LogP contribution in [0.15, 0.2) is 97.1 Å². The number of amides is 6. The Hall–Kier alpha value is -9.05. The molecule has 0 unspecified atom stereocenters. The van der Waals surface area contributed by atoms with Crippen molar-refractivity contribution >= 4 is 69.8 Å². The van der Waals surface area contributed by atoms with Crippen LogP contribution in [0.2, 0.25) is 0 Å². The van der Waals surface area contributed by atoms with Crippen LogP contribution in [-0.2, 0) is 14.3 Å². The van der Waals surface area contributed by atoms with Gasteiger partial charge in [-0.25, -0.2) is 4.79 Å². The van der Waals surface area contributed by atoms with E-state index in [1.165, 1.54) is 91.0 Å². The van der Waals surface area contributed by atoms with Gasteiger partial charge in [0.15, 0.2) is 29.1 Å². The number of carbonyl (C=O) groups excluding carboxylic acids is 6. The maximum absolute atomic E-state index is 13.6. The summed E-state index contributed by atoms with van der Waals surface area (Å²) in [5.41, 5.74) is 4.95. The summed E-state index contributed by atoms with van der Waals surface area (Å²) in [6.45, 7) is 6.51. The van der Waals surface area contributed by atoms with Gasteiger partial charge in [0, 0.05) is 47.3 Å². The van der Waals surface area contributed by atoms with E-state index in [1.54, 1.807) is 27.7 Å². The summed E-state index contributed by atoms with van der Waals surface area (Å²) in [4.78, 5) is 101. The fraction of sp³-hybridized carbons (Fsp3) is 0.196. The molecule has 0 aliphatic rings. The average molecular weight is 936 g/mol. The molecule has 0 saturated carbocycles. The van der Waals surface area contributed by atoms with E-state index in [9.17, 15) is 59.0 Å². The molecule has 0 spiro atoms. The summed E-state index contributed by atoms with van der Waals surface area (Å²) in [6.07, 6.45) is -2.75. The van der Waals surface area contributed by atoms with Gasteiger partial charge in [-0.15, -0.1) is 0 Å². The van der Waals surface area contributed by atoms with Crippen LogP contribution in [-0.4, -0.2) is 93.1 Å². The van der Waals surface area contributed by atoms with Gasteiger partial charge in [-0.2, -0.15) is 0 Å². The van der Waals surface area contributed by atoms with Gasteiger partial charge in [0.1, 0.15) is 11.6 Å². The highest BCUT2D eigenvalue weighted by Gasteiger charge is 2.35. The quantitative estimate of drug-likeness (QED) is 0.0376. The fourth-order valence-corrected chi connectivity index (χ4v) is 6.28. The fourth-order valence-electron chi connectivity index (χ4n) is 6.28. The van der Waals surface area contributed by atoms with Gasteiger partial charge in [0.2, 0.25) is 11.8 Å². The van der Waals surface area contributed by atoms with Crippen molar-refractivity contribution in [1.82, 2.24) is 5.32 Å². The van der Waals surface area contributed by atoms with Crippen molar-refractivity contribution in [2.45, 2.75) is 52.0 Å². The standard InChI is InChI=1S/C46H45N7O15/c1-22(2)67-37-32(20-18-30(35(37)54)44(60)51-33-21-19-31(46(62)63)36(55)38(33)68-23(3)4)50-42(58)24-6-14-28(15-7-24)49-45(61)34(39(66-5)40(47)56)52-43(59)25-8-12-27(13-9-25)48-41(57)26-10-16-29(17-11-26)53(64)65/h6-23,34,39,54-55H,1-5H3,(H2,47,56)(H,48,57)(H,49,61)(H,50,58)(H,51,60)(H,52,59)(H,62,63)/t34-,39-/m0/s1. The van der Waals surface area contributed by atoms with Crippen LogP contribution in [0.5, 0.6) is 23.0 Å². The Balaban J connectivity index is 1.28. The third kappa shape index (κ3) is 12.2. The van der Waals surface area contributed by atoms with Crippen LogP contribution in [0.3, 0.4) is 0 Å². The van der Waals surface area contributed by atoms with Gasteiger partial charge in [0.25, 0.3) is 29.3 Å². The molecule has 5 rings (SSSR count). The first-order valence-corrected chi connectivity index (χ1v) is 20.3. The Bertz CT molecular complexity index is 2760. The second-order valence-corrected chi connectivity index (χ2v) is 15.1. The highest BCUT2D eigenvalue weighted by Crippen LogP contribution is 2.41. The van der Waals surface area contributed by atoms with Crippen LogP contribution in [0.1, 0.15) is 79.5 Å². The number of carboxylic acids is 1. The zero-order valence-corrected chi connectivity index (χ0v) is 36.8. The van der Waals surface area contributed by atoms with E-state index in [4.69, 9.17) is 19.9 Å². The lowest BCUT2D eigenvalue weighted by molar-refractivity contribution is -0.384. The number of carbonyl (C=O) groups is 7. The van der Waals surface area contributed by atoms with Crippen molar-refractivity contribution in [2.75, 3.05) is 28.4 Å². The lowest BCUT2D eigenvalue weighted by Gasteiger charge is -2.24. The van der Waals surface area contributed by atoms with Gasteiger partial charge < -0.3 is 61.8 Å². The normalized spacial score (nSPS) is 11.7. The summed E-state index contributed by atoms with van der Waals surface area (Å²) < 4.78 is 16.5.